The van der Waals surface area contributed by atoms with Crippen LogP contribution in [0.5, 0.6) is 0 Å². The van der Waals surface area contributed by atoms with Crippen LogP contribution in [-0.2, 0) is 4.79 Å². The van der Waals surface area contributed by atoms with Crippen LogP contribution in [0.25, 0.3) is 0 Å². The van der Waals surface area contributed by atoms with Gasteiger partial charge in [-0.15, -0.1) is 0 Å². The summed E-state index contributed by atoms with van der Waals surface area (Å²) in [5.41, 5.74) is 2.54. The fourth-order valence-corrected chi connectivity index (χ4v) is 2.64. The van der Waals surface area contributed by atoms with Crippen molar-refractivity contribution in [3.05, 3.63) is 29.8 Å². The summed E-state index contributed by atoms with van der Waals surface area (Å²) in [6, 6.07) is 8.34. The number of fused-ring (bicyclic) bond motifs is 3. The molecule has 1 unspecified atom stereocenters. The van der Waals surface area contributed by atoms with Gasteiger partial charge in [0, 0.05) is 18.7 Å². The highest BCUT2D eigenvalue weighted by Gasteiger charge is 2.33. The molecule has 1 aromatic carbocycles. The van der Waals surface area contributed by atoms with Crippen LogP contribution in [0.4, 0.5) is 5.69 Å². The maximum Gasteiger partial charge on any atom is 0.227 e. The normalized spacial score (nSPS) is 24.7. The van der Waals surface area contributed by atoms with Gasteiger partial charge in [0.1, 0.15) is 0 Å². The molecule has 0 aliphatic carbocycles. The van der Waals surface area contributed by atoms with E-state index in [0.29, 0.717) is 11.8 Å². The quantitative estimate of drug-likeness (QED) is 0.610. The minimum Gasteiger partial charge on any atom is -0.312 e. The van der Waals surface area contributed by atoms with Crippen LogP contribution in [0.2, 0.25) is 0 Å². The summed E-state index contributed by atoms with van der Waals surface area (Å²) in [5.74, 6) is 0.795. The molecule has 14 heavy (non-hydrogen) atoms. The van der Waals surface area contributed by atoms with Gasteiger partial charge in [0.05, 0.1) is 0 Å². The number of amides is 1. The SMILES string of the molecule is O=C1CC2CCCN1c1ccccc12. The molecule has 0 aromatic heterocycles. The maximum atomic E-state index is 11.8. The zero-order chi connectivity index (χ0) is 9.54. The molecule has 2 bridgehead atoms. The number of hydrogen-bond acceptors (Lipinski definition) is 1. The van der Waals surface area contributed by atoms with Crippen LogP contribution in [0.15, 0.2) is 24.3 Å². The van der Waals surface area contributed by atoms with Crippen molar-refractivity contribution in [2.24, 2.45) is 0 Å². The molecule has 0 N–H and O–H groups in total. The van der Waals surface area contributed by atoms with E-state index in [-0.39, 0.29) is 0 Å². The standard InChI is InChI=1S/C12H13NO/c14-12-8-9-4-3-7-13(12)11-6-2-1-5-10(9)11/h1-2,5-6,9H,3-4,7-8H2. The first-order valence-electron chi connectivity index (χ1n) is 5.25. The molecule has 2 nitrogen and oxygen atoms in total. The predicted molar refractivity (Wildman–Crippen MR) is 55.4 cm³/mol. The molecule has 0 radical (unpaired) electrons. The Hall–Kier alpha value is -1.31. The second-order valence-corrected chi connectivity index (χ2v) is 4.15. The molecule has 2 heteroatoms. The lowest BCUT2D eigenvalue weighted by Gasteiger charge is -2.29. The Morgan fingerprint density at radius 3 is 3.07 bits per heavy atom. The number of carbonyl (C=O) groups excluding carboxylic acids is 1. The first-order chi connectivity index (χ1) is 6.86. The van der Waals surface area contributed by atoms with Crippen LogP contribution >= 0.6 is 0 Å². The van der Waals surface area contributed by atoms with Gasteiger partial charge in [0.15, 0.2) is 0 Å². The van der Waals surface area contributed by atoms with Crippen molar-refractivity contribution in [3.8, 4) is 0 Å². The van der Waals surface area contributed by atoms with E-state index in [0.717, 1.165) is 25.1 Å². The van der Waals surface area contributed by atoms with E-state index in [1.54, 1.807) is 0 Å². The van der Waals surface area contributed by atoms with Crippen molar-refractivity contribution < 1.29 is 4.79 Å². The van der Waals surface area contributed by atoms with Crippen molar-refractivity contribution in [1.29, 1.82) is 0 Å². The minimum absolute atomic E-state index is 0.311. The molecule has 0 spiro atoms. The van der Waals surface area contributed by atoms with E-state index in [4.69, 9.17) is 0 Å². The summed E-state index contributed by atoms with van der Waals surface area (Å²) in [6.45, 7) is 0.909. The fourth-order valence-electron chi connectivity index (χ4n) is 2.64. The molecule has 4 rings (SSSR count). The zero-order valence-electron chi connectivity index (χ0n) is 8.07. The van der Waals surface area contributed by atoms with Crippen LogP contribution in [-0.4, -0.2) is 12.5 Å². The Morgan fingerprint density at radius 2 is 2.14 bits per heavy atom. The monoisotopic (exact) mass is 187 g/mol. The molecule has 1 saturated heterocycles. The van der Waals surface area contributed by atoms with E-state index in [1.807, 2.05) is 11.0 Å². The van der Waals surface area contributed by atoms with Crippen LogP contribution in [0.1, 0.15) is 30.7 Å². The zero-order valence-corrected chi connectivity index (χ0v) is 8.07. The number of anilines is 1. The van der Waals surface area contributed by atoms with Gasteiger partial charge in [-0.2, -0.15) is 0 Å². The second kappa shape index (κ2) is 2.84. The number of carbonyl (C=O) groups is 1. The molecular formula is C12H13NO. The third-order valence-electron chi connectivity index (χ3n) is 3.32. The van der Waals surface area contributed by atoms with Crippen molar-refractivity contribution in [1.82, 2.24) is 0 Å². The highest BCUT2D eigenvalue weighted by Crippen LogP contribution is 2.41. The molecule has 0 saturated carbocycles. The molecule has 1 atom stereocenters. The van der Waals surface area contributed by atoms with Gasteiger partial charge in [-0.1, -0.05) is 18.2 Å². The Morgan fingerprint density at radius 1 is 1.29 bits per heavy atom. The number of hydrogen-bond donors (Lipinski definition) is 0. The first kappa shape index (κ1) is 8.04. The molecular weight excluding hydrogens is 174 g/mol. The van der Waals surface area contributed by atoms with Crippen LogP contribution in [0.3, 0.4) is 0 Å². The Kier molecular flexibility index (Phi) is 1.63. The van der Waals surface area contributed by atoms with Crippen LogP contribution in [0, 0.1) is 0 Å². The molecule has 3 aliphatic heterocycles. The van der Waals surface area contributed by atoms with Crippen LogP contribution < -0.4 is 4.90 Å². The summed E-state index contributed by atoms with van der Waals surface area (Å²) in [5, 5.41) is 0. The molecule has 3 aliphatic rings. The van der Waals surface area contributed by atoms with E-state index in [2.05, 4.69) is 18.2 Å². The summed E-state index contributed by atoms with van der Waals surface area (Å²) in [7, 11) is 0. The average Bonchev–Trinajstić information content (AvgIpc) is 2.49. The van der Waals surface area contributed by atoms with E-state index >= 15 is 0 Å². The third kappa shape index (κ3) is 0.999. The number of benzene rings is 1. The molecule has 1 amide bonds. The summed E-state index contributed by atoms with van der Waals surface area (Å²) < 4.78 is 0. The molecule has 1 aromatic rings. The van der Waals surface area contributed by atoms with Crippen molar-refractivity contribution in [2.75, 3.05) is 11.4 Å². The van der Waals surface area contributed by atoms with Gasteiger partial charge in [-0.3, -0.25) is 4.79 Å². The summed E-state index contributed by atoms with van der Waals surface area (Å²) in [6.07, 6.45) is 3.03. The van der Waals surface area contributed by atoms with Gasteiger partial charge >= 0.3 is 0 Å². The Balaban J connectivity index is 2.20. The Bertz CT molecular complexity index is 386. The van der Waals surface area contributed by atoms with Crippen molar-refractivity contribution in [3.63, 3.8) is 0 Å². The molecule has 3 heterocycles. The average molecular weight is 187 g/mol. The first-order valence-corrected chi connectivity index (χ1v) is 5.25. The second-order valence-electron chi connectivity index (χ2n) is 4.15. The van der Waals surface area contributed by atoms with Crippen molar-refractivity contribution in [2.45, 2.75) is 25.2 Å². The largest absolute Gasteiger partial charge is 0.312 e. The lowest BCUT2D eigenvalue weighted by atomic mass is 9.89. The van der Waals surface area contributed by atoms with E-state index in [9.17, 15) is 4.79 Å². The fraction of sp³-hybridized carbons (Fsp3) is 0.417. The smallest absolute Gasteiger partial charge is 0.227 e. The molecule has 1 fully saturated rings. The number of rotatable bonds is 0. The van der Waals surface area contributed by atoms with E-state index in [1.165, 1.54) is 12.0 Å². The molecule has 72 valence electrons. The topological polar surface area (TPSA) is 20.3 Å². The summed E-state index contributed by atoms with van der Waals surface area (Å²) in [4.78, 5) is 13.7. The lowest BCUT2D eigenvalue weighted by Crippen LogP contribution is -2.34. The maximum absolute atomic E-state index is 11.8. The highest BCUT2D eigenvalue weighted by molar-refractivity contribution is 5.97. The minimum atomic E-state index is 0.311. The Labute approximate surface area is 83.5 Å². The number of nitrogens with zero attached hydrogens (tertiary/aromatic N) is 1. The van der Waals surface area contributed by atoms with Gasteiger partial charge in [-0.05, 0) is 30.4 Å². The third-order valence-corrected chi connectivity index (χ3v) is 3.32. The van der Waals surface area contributed by atoms with Gasteiger partial charge in [0.2, 0.25) is 5.91 Å². The van der Waals surface area contributed by atoms with Crippen molar-refractivity contribution >= 4 is 11.6 Å². The van der Waals surface area contributed by atoms with Gasteiger partial charge < -0.3 is 4.90 Å². The predicted octanol–water partition coefficient (Wildman–Crippen LogP) is 2.30. The van der Waals surface area contributed by atoms with Gasteiger partial charge in [-0.25, -0.2) is 0 Å². The van der Waals surface area contributed by atoms with Gasteiger partial charge in [0.25, 0.3) is 0 Å². The highest BCUT2D eigenvalue weighted by atomic mass is 16.2. The number of para-hydroxylation sites is 1. The van der Waals surface area contributed by atoms with E-state index < -0.39 is 0 Å². The summed E-state index contributed by atoms with van der Waals surface area (Å²) >= 11 is 0. The lowest BCUT2D eigenvalue weighted by molar-refractivity contribution is -0.119.